The highest BCUT2D eigenvalue weighted by Gasteiger charge is 1.70. The van der Waals surface area contributed by atoms with Gasteiger partial charge in [-0.2, -0.15) is 0 Å². The van der Waals surface area contributed by atoms with Crippen LogP contribution in [0.15, 0.2) is 0 Å². The molecule has 0 saturated carbocycles. The second-order valence-corrected chi connectivity index (χ2v) is 0.701. The molecule has 0 aromatic heterocycles. The van der Waals surface area contributed by atoms with Crippen LogP contribution in [0.4, 0.5) is 0 Å². The van der Waals surface area contributed by atoms with E-state index >= 15 is 0 Å². The summed E-state index contributed by atoms with van der Waals surface area (Å²) in [6.07, 6.45) is 4.57. The fourth-order valence-electron chi connectivity index (χ4n) is 0. The molecule has 0 rings (SSSR count). The maximum atomic E-state index is 9.58. The van der Waals surface area contributed by atoms with Gasteiger partial charge in [0.25, 0.3) is 0 Å². The molecule has 0 bridgehead atoms. The highest BCUT2D eigenvalue weighted by Crippen LogP contribution is 1.52. The van der Waals surface area contributed by atoms with Gasteiger partial charge in [-0.3, -0.25) is 4.79 Å². The maximum absolute atomic E-state index is 9.58. The number of rotatable bonds is 0. The predicted octanol–water partition coefficient (Wildman–Crippen LogP) is 0.209. The molecule has 0 unspecified atom stereocenters. The Morgan fingerprint density at radius 1 is 2.00 bits per heavy atom. The summed E-state index contributed by atoms with van der Waals surface area (Å²) in [5.74, 6) is 1.67. The summed E-state index contributed by atoms with van der Waals surface area (Å²) < 4.78 is 0. The largest absolute Gasteiger partial charge is 0.285 e. The van der Waals surface area contributed by atoms with Gasteiger partial charge in [-0.25, -0.2) is 0 Å². The van der Waals surface area contributed by atoms with Crippen LogP contribution in [0, 0.1) is 12.3 Å². The second-order valence-electron chi connectivity index (χ2n) is 0.701. The third-order valence-corrected chi connectivity index (χ3v) is 0.203. The van der Waals surface area contributed by atoms with Crippen LogP contribution in [0.3, 0.4) is 0 Å². The van der Waals surface area contributed by atoms with Crippen LogP contribution in [0.2, 0.25) is 0 Å². The average molecular weight is 67.1 g/mol. The molecule has 0 amide bonds. The Balaban J connectivity index is 3.35. The van der Waals surface area contributed by atoms with Crippen molar-refractivity contribution in [2.24, 2.45) is 0 Å². The van der Waals surface area contributed by atoms with Gasteiger partial charge in [-0.15, -0.1) is 6.42 Å². The monoisotopic (exact) mass is 67.0 g/mol. The Hall–Kier alpha value is -0.770. The first-order valence-corrected chi connectivity index (χ1v) is 1.24. The van der Waals surface area contributed by atoms with E-state index in [0.717, 1.165) is 0 Å². The summed E-state index contributed by atoms with van der Waals surface area (Å²) in [5.41, 5.74) is 0. The number of carbonyl (C=O) groups is 1. The molecule has 1 heteroatoms. The van der Waals surface area contributed by atoms with Gasteiger partial charge in [-0.1, -0.05) is 0 Å². The molecule has 0 atom stereocenters. The Kier molecular flexibility index (Phi) is 1.30. The van der Waals surface area contributed by atoms with Crippen molar-refractivity contribution < 1.29 is 4.79 Å². The number of Topliss-reactive ketones (excluding diaryl/α,β-unsaturated/α-hetero) is 1. The molecule has 0 aliphatic rings. The molecule has 0 spiro atoms. The summed E-state index contributed by atoms with van der Waals surface area (Å²) in [4.78, 5) is 9.58. The molecule has 0 radical (unpaired) electrons. The van der Waals surface area contributed by atoms with Gasteiger partial charge in [0.05, 0.1) is 0 Å². The normalized spacial score (nSPS) is 5.60. The zero-order valence-corrected chi connectivity index (χ0v) is 2.99. The molecule has 0 aromatic carbocycles. The number of hydrogen-bond donors (Lipinski definition) is 0. The quantitative estimate of drug-likeness (QED) is 0.292. The minimum atomic E-state index is -0.218. The molecule has 0 saturated heterocycles. The Bertz CT molecular complexity index is 76.1. The predicted molar refractivity (Wildman–Crippen MR) is 19.5 cm³/mol. The van der Waals surface area contributed by atoms with Crippen molar-refractivity contribution in [1.29, 1.82) is 0 Å². The van der Waals surface area contributed by atoms with Crippen LogP contribution >= 0.6 is 0 Å². The van der Waals surface area contributed by atoms with Crippen LogP contribution < -0.4 is 0 Å². The Morgan fingerprint density at radius 2 is 2.20 bits per heavy atom. The van der Waals surface area contributed by atoms with E-state index in [1.807, 2.05) is 5.92 Å². The van der Waals surface area contributed by atoms with E-state index in [0.29, 0.717) is 0 Å². The number of ketones is 1. The van der Waals surface area contributed by atoms with E-state index in [1.54, 1.807) is 0 Å². The highest BCUT2D eigenvalue weighted by molar-refractivity contribution is 5.92. The zero-order valence-electron chi connectivity index (χ0n) is 2.99. The number of carbonyl (C=O) groups excluding carboxylic acids is 1. The van der Waals surface area contributed by atoms with Crippen molar-refractivity contribution >= 4 is 5.78 Å². The van der Waals surface area contributed by atoms with Crippen LogP contribution in [0.5, 0.6) is 0 Å². The fourth-order valence-corrected chi connectivity index (χ4v) is 0. The summed E-state index contributed by atoms with van der Waals surface area (Å²) in [6, 6.07) is 0. The van der Waals surface area contributed by atoms with E-state index in [2.05, 4.69) is 6.42 Å². The average Bonchev–Trinajstić information content (AvgIpc) is 1.38. The zero-order chi connectivity index (χ0) is 4.28. The lowest BCUT2D eigenvalue weighted by Crippen LogP contribution is -1.75. The lowest BCUT2D eigenvalue weighted by Gasteiger charge is -1.58. The molecule has 0 aromatic rings. The lowest BCUT2D eigenvalue weighted by atomic mass is 9.93. The van der Waals surface area contributed by atoms with Crippen LogP contribution in [-0.2, 0) is 4.79 Å². The Labute approximate surface area is 31.0 Å². The summed E-state index contributed by atoms with van der Waals surface area (Å²) in [7, 11) is 0. The summed E-state index contributed by atoms with van der Waals surface area (Å²) in [6.45, 7) is 1.35. The lowest BCUT2D eigenvalue weighted by molar-refractivity contribution is -0.111. The first-order valence-electron chi connectivity index (χ1n) is 1.24. The summed E-state index contributed by atoms with van der Waals surface area (Å²) >= 11 is 0. The third-order valence-electron chi connectivity index (χ3n) is 0.203. The van der Waals surface area contributed by atoms with Gasteiger partial charge in [0.1, 0.15) is 0 Å². The van der Waals surface area contributed by atoms with Crippen molar-refractivity contribution in [3.63, 3.8) is 0 Å². The third kappa shape index (κ3) is 3.23. The minimum absolute atomic E-state index is 0.218. The van der Waals surface area contributed by atoms with Crippen molar-refractivity contribution in [2.75, 3.05) is 0 Å². The molecule has 1 nitrogen and oxygen atoms in total. The smallest absolute Gasteiger partial charge is 0.202 e. The highest BCUT2D eigenvalue weighted by atomic mass is 16.1. The van der Waals surface area contributed by atoms with Gasteiger partial charge in [0.2, 0.25) is 5.78 Å². The maximum Gasteiger partial charge on any atom is 0.202 e. The molecule has 0 aliphatic heterocycles. The molecular formula is C4H4O. The van der Waals surface area contributed by atoms with Crippen LogP contribution in [-0.4, -0.2) is 5.78 Å². The molecular weight excluding hydrogens is 63.0 g/mol. The van der Waals surface area contributed by atoms with E-state index in [-0.39, 0.29) is 5.78 Å². The molecule has 5 heavy (non-hydrogen) atoms. The second kappa shape index (κ2) is 1.54. The topological polar surface area (TPSA) is 17.1 Å². The Morgan fingerprint density at radius 3 is 2.20 bits per heavy atom. The van der Waals surface area contributed by atoms with E-state index < -0.39 is 0 Å². The van der Waals surface area contributed by atoms with Crippen molar-refractivity contribution in [1.82, 2.24) is 0 Å². The number of hydrogen-bond acceptors (Lipinski definition) is 1. The summed E-state index contributed by atoms with van der Waals surface area (Å²) in [5, 5.41) is 0. The van der Waals surface area contributed by atoms with Crippen LogP contribution in [0.1, 0.15) is 6.92 Å². The van der Waals surface area contributed by atoms with Gasteiger partial charge in [0.15, 0.2) is 0 Å². The van der Waals surface area contributed by atoms with Crippen LogP contribution in [0.25, 0.3) is 0 Å². The molecule has 0 aliphatic carbocycles. The fraction of sp³-hybridized carbons (Fsp3) is 0.250. The molecule has 0 N–H and O–H groups in total. The van der Waals surface area contributed by atoms with Gasteiger partial charge >= 0.3 is 0 Å². The molecule has 26 valence electrons. The first-order chi connectivity index (χ1) is 2.27. The van der Waals surface area contributed by atoms with Gasteiger partial charge in [-0.05, 0) is 5.92 Å². The van der Waals surface area contributed by atoms with Crippen molar-refractivity contribution in [3.05, 3.63) is 0 Å². The van der Waals surface area contributed by atoms with E-state index in [9.17, 15) is 4.79 Å². The van der Waals surface area contributed by atoms with E-state index in [1.165, 1.54) is 6.92 Å². The first kappa shape index (κ1) is 4.23. The minimum Gasteiger partial charge on any atom is -0.285 e. The van der Waals surface area contributed by atoms with Crippen molar-refractivity contribution in [3.8, 4) is 12.3 Å². The van der Waals surface area contributed by atoms with Gasteiger partial charge in [0, 0.05) is 6.92 Å². The number of terminal acetylenes is 1. The SMILES string of the molecule is C#C[11C](C)=O. The van der Waals surface area contributed by atoms with E-state index in [4.69, 9.17) is 0 Å². The molecule has 0 fully saturated rings. The standard InChI is InChI=1S/C4H4O/c1-3-4(2)5/h1H,2H3/i4-1. The van der Waals surface area contributed by atoms with Crippen molar-refractivity contribution in [2.45, 2.75) is 6.92 Å². The van der Waals surface area contributed by atoms with Gasteiger partial charge < -0.3 is 0 Å². The molecule has 0 heterocycles.